The van der Waals surface area contributed by atoms with Crippen LogP contribution in [0.2, 0.25) is 0 Å². The van der Waals surface area contributed by atoms with Gasteiger partial charge in [-0.05, 0) is 40.4 Å². The number of likely N-dealkylation sites (N-methyl/N-ethyl adjacent to an activating group) is 1. The first kappa shape index (κ1) is 27.2. The van der Waals surface area contributed by atoms with E-state index in [1.54, 1.807) is 20.8 Å². The van der Waals surface area contributed by atoms with Crippen LogP contribution in [0.15, 0.2) is 56.1 Å². The van der Waals surface area contributed by atoms with E-state index in [4.69, 9.17) is 28.5 Å². The highest BCUT2D eigenvalue weighted by Gasteiger charge is 2.26. The van der Waals surface area contributed by atoms with Crippen LogP contribution in [-0.2, 0) is 22.5 Å². The molecule has 0 amide bonds. The lowest BCUT2D eigenvalue weighted by Gasteiger charge is -2.18. The van der Waals surface area contributed by atoms with Crippen molar-refractivity contribution in [3.05, 3.63) is 65.8 Å². The zero-order valence-electron chi connectivity index (χ0n) is 22.3. The average Bonchev–Trinajstić information content (AvgIpc) is 3.61. The summed E-state index contributed by atoms with van der Waals surface area (Å²) in [7, 11) is 3.90. The summed E-state index contributed by atoms with van der Waals surface area (Å²) in [6.07, 6.45) is 3.20. The Labute approximate surface area is 221 Å². The van der Waals surface area contributed by atoms with Crippen molar-refractivity contribution in [2.45, 2.75) is 45.4 Å². The molecule has 4 rings (SSSR count). The fourth-order valence-corrected chi connectivity index (χ4v) is 3.44. The number of carbonyl (C=O) groups is 1. The average molecular weight is 524 g/mol. The number of ether oxygens (including phenoxy) is 2. The van der Waals surface area contributed by atoms with Gasteiger partial charge in [-0.3, -0.25) is 0 Å². The van der Waals surface area contributed by atoms with Crippen LogP contribution in [0, 0.1) is 0 Å². The first-order valence-corrected chi connectivity index (χ1v) is 12.3. The number of hydrogen-bond acceptors (Lipinski definition) is 11. The zero-order valence-corrected chi connectivity index (χ0v) is 22.3. The van der Waals surface area contributed by atoms with E-state index < -0.39 is 17.6 Å². The predicted molar refractivity (Wildman–Crippen MR) is 138 cm³/mol. The van der Waals surface area contributed by atoms with Gasteiger partial charge in [-0.2, -0.15) is 0 Å². The van der Waals surface area contributed by atoms with Crippen LogP contribution in [0.25, 0.3) is 23.2 Å². The Morgan fingerprint density at radius 2 is 1.82 bits per heavy atom. The molecule has 11 heteroatoms. The van der Waals surface area contributed by atoms with E-state index in [-0.39, 0.29) is 24.1 Å². The molecule has 11 nitrogen and oxygen atoms in total. The summed E-state index contributed by atoms with van der Waals surface area (Å²) in [6, 6.07) is 9.24. The van der Waals surface area contributed by atoms with Crippen LogP contribution in [0.1, 0.15) is 54.5 Å². The third-order valence-electron chi connectivity index (χ3n) is 5.27. The highest BCUT2D eigenvalue weighted by molar-refractivity contribution is 5.87. The van der Waals surface area contributed by atoms with Gasteiger partial charge in [0.05, 0.1) is 13.2 Å². The lowest BCUT2D eigenvalue weighted by atomic mass is 10.2. The molecule has 1 unspecified atom stereocenters. The maximum absolute atomic E-state index is 12.4. The summed E-state index contributed by atoms with van der Waals surface area (Å²) in [5.74, 6) is 0.607. The quantitative estimate of drug-likeness (QED) is 0.282. The molecule has 0 saturated heterocycles. The SMILES string of the molecule is CN(C)CCc1oc(-c2coc(C(N)COCc3ccccc3)n2)nc1-c1nc(C(=O)OC(C)(C)C)co1. The molecule has 0 saturated carbocycles. The molecule has 0 spiro atoms. The van der Waals surface area contributed by atoms with Gasteiger partial charge in [0.2, 0.25) is 17.7 Å². The number of aromatic nitrogens is 3. The van der Waals surface area contributed by atoms with Gasteiger partial charge in [0.15, 0.2) is 17.1 Å². The zero-order chi connectivity index (χ0) is 27.3. The number of esters is 1. The van der Waals surface area contributed by atoms with E-state index in [9.17, 15) is 4.79 Å². The van der Waals surface area contributed by atoms with Crippen molar-refractivity contribution >= 4 is 5.97 Å². The van der Waals surface area contributed by atoms with E-state index in [1.807, 2.05) is 49.3 Å². The van der Waals surface area contributed by atoms with E-state index in [0.29, 0.717) is 42.6 Å². The number of nitrogens with zero attached hydrogens (tertiary/aromatic N) is 4. The molecule has 0 radical (unpaired) electrons. The van der Waals surface area contributed by atoms with E-state index in [1.165, 1.54) is 12.5 Å². The number of oxazole rings is 3. The van der Waals surface area contributed by atoms with Crippen molar-refractivity contribution < 1.29 is 27.5 Å². The Morgan fingerprint density at radius 3 is 2.53 bits per heavy atom. The van der Waals surface area contributed by atoms with Gasteiger partial charge in [0.1, 0.15) is 29.9 Å². The molecule has 0 fully saturated rings. The van der Waals surface area contributed by atoms with Gasteiger partial charge in [-0.1, -0.05) is 30.3 Å². The van der Waals surface area contributed by atoms with Crippen LogP contribution in [0.3, 0.4) is 0 Å². The largest absolute Gasteiger partial charge is 0.455 e. The molecule has 3 heterocycles. The molecule has 1 atom stereocenters. The highest BCUT2D eigenvalue weighted by atomic mass is 16.6. The summed E-state index contributed by atoms with van der Waals surface area (Å²) in [6.45, 7) is 6.69. The first-order chi connectivity index (χ1) is 18.1. The molecule has 0 aliphatic carbocycles. The normalized spacial score (nSPS) is 12.7. The van der Waals surface area contributed by atoms with Crippen LogP contribution in [-0.4, -0.2) is 58.7 Å². The van der Waals surface area contributed by atoms with Gasteiger partial charge >= 0.3 is 5.97 Å². The fourth-order valence-electron chi connectivity index (χ4n) is 3.44. The van der Waals surface area contributed by atoms with Crippen LogP contribution in [0.4, 0.5) is 0 Å². The minimum absolute atomic E-state index is 0.0447. The molecule has 0 bridgehead atoms. The van der Waals surface area contributed by atoms with Gasteiger partial charge in [0, 0.05) is 13.0 Å². The minimum atomic E-state index is -0.660. The van der Waals surface area contributed by atoms with Crippen LogP contribution >= 0.6 is 0 Å². The third kappa shape index (κ3) is 7.15. The number of hydrogen-bond donors (Lipinski definition) is 1. The second-order valence-corrected chi connectivity index (χ2v) is 10.1. The maximum Gasteiger partial charge on any atom is 0.360 e. The Bertz CT molecular complexity index is 1340. The molecular weight excluding hydrogens is 490 g/mol. The van der Waals surface area contributed by atoms with Gasteiger partial charge in [0.25, 0.3) is 0 Å². The second-order valence-electron chi connectivity index (χ2n) is 10.1. The Kier molecular flexibility index (Phi) is 8.40. The van der Waals surface area contributed by atoms with Crippen molar-refractivity contribution in [3.8, 4) is 23.2 Å². The number of rotatable bonds is 11. The Balaban J connectivity index is 1.51. The molecule has 0 aliphatic rings. The minimum Gasteiger partial charge on any atom is -0.455 e. The first-order valence-electron chi connectivity index (χ1n) is 12.3. The van der Waals surface area contributed by atoms with Crippen molar-refractivity contribution in [3.63, 3.8) is 0 Å². The van der Waals surface area contributed by atoms with E-state index >= 15 is 0 Å². The number of nitrogens with two attached hydrogens (primary N) is 1. The topological polar surface area (TPSA) is 143 Å². The highest BCUT2D eigenvalue weighted by Crippen LogP contribution is 2.30. The molecule has 1 aromatic carbocycles. The molecule has 3 aromatic heterocycles. The van der Waals surface area contributed by atoms with Crippen molar-refractivity contribution in [1.82, 2.24) is 19.9 Å². The fraction of sp³-hybridized carbons (Fsp3) is 0.407. The van der Waals surface area contributed by atoms with E-state index in [2.05, 4.69) is 15.0 Å². The molecular formula is C27H33N5O6. The summed E-state index contributed by atoms with van der Waals surface area (Å²) < 4.78 is 28.3. The number of benzene rings is 1. The van der Waals surface area contributed by atoms with Gasteiger partial charge in [-0.15, -0.1) is 0 Å². The van der Waals surface area contributed by atoms with Crippen LogP contribution in [0.5, 0.6) is 0 Å². The van der Waals surface area contributed by atoms with Crippen LogP contribution < -0.4 is 5.73 Å². The number of carbonyl (C=O) groups excluding carboxylic acids is 1. The second kappa shape index (κ2) is 11.7. The molecule has 38 heavy (non-hydrogen) atoms. The van der Waals surface area contributed by atoms with Crippen molar-refractivity contribution in [1.29, 1.82) is 0 Å². The van der Waals surface area contributed by atoms with Gasteiger partial charge < -0.3 is 33.4 Å². The molecule has 4 aromatic rings. The molecule has 202 valence electrons. The summed E-state index contributed by atoms with van der Waals surface area (Å²) in [5, 5.41) is 0. The Morgan fingerprint density at radius 1 is 1.05 bits per heavy atom. The standard InChI is InChI=1S/C27H33N5O6/c1-27(2,3)38-26(33)20-16-36-25(30-20)22-21(11-12-32(4)5)37-24(31-22)19-15-35-23(29-19)18(28)14-34-13-17-9-7-6-8-10-17/h6-10,15-16,18H,11-14,28H2,1-5H3. The summed E-state index contributed by atoms with van der Waals surface area (Å²) >= 11 is 0. The van der Waals surface area contributed by atoms with E-state index in [0.717, 1.165) is 5.56 Å². The summed E-state index contributed by atoms with van der Waals surface area (Å²) in [5.41, 5.74) is 7.40. The maximum atomic E-state index is 12.4. The predicted octanol–water partition coefficient (Wildman–Crippen LogP) is 4.26. The molecule has 2 N–H and O–H groups in total. The lowest BCUT2D eigenvalue weighted by molar-refractivity contribution is 0.00628. The third-order valence-corrected chi connectivity index (χ3v) is 5.27. The lowest BCUT2D eigenvalue weighted by Crippen LogP contribution is -2.24. The molecule has 0 aliphatic heterocycles. The van der Waals surface area contributed by atoms with Crippen molar-refractivity contribution in [2.75, 3.05) is 27.2 Å². The van der Waals surface area contributed by atoms with Crippen molar-refractivity contribution in [2.24, 2.45) is 5.73 Å². The van der Waals surface area contributed by atoms with Gasteiger partial charge in [-0.25, -0.2) is 19.7 Å². The smallest absolute Gasteiger partial charge is 0.360 e. The Hall–Kier alpha value is -3.80. The summed E-state index contributed by atoms with van der Waals surface area (Å²) in [4.78, 5) is 27.7. The monoisotopic (exact) mass is 523 g/mol.